The maximum absolute atomic E-state index is 5.77. The van der Waals surface area contributed by atoms with E-state index in [1.807, 2.05) is 30.3 Å². The molecule has 0 saturated heterocycles. The number of nitrogens with one attached hydrogen (secondary N) is 1. The summed E-state index contributed by atoms with van der Waals surface area (Å²) in [7, 11) is 0. The number of nitrogens with zero attached hydrogens (tertiary/aromatic N) is 2. The molecule has 0 saturated carbocycles. The van der Waals surface area contributed by atoms with E-state index >= 15 is 0 Å². The molecule has 4 nitrogen and oxygen atoms in total. The first-order valence-electron chi connectivity index (χ1n) is 5.18. The highest BCUT2D eigenvalue weighted by atomic mass is 32.1. The number of rotatable bonds is 1. The number of anilines is 1. The lowest BCUT2D eigenvalue weighted by Gasteiger charge is -2.05. The number of nitrogens with two attached hydrogens (primary N) is 1. The summed E-state index contributed by atoms with van der Waals surface area (Å²) < 4.78 is 2.21. The molecule has 5 heteroatoms. The number of hydrogen-bond donors (Lipinski definition) is 2. The van der Waals surface area contributed by atoms with Gasteiger partial charge >= 0.3 is 0 Å². The summed E-state index contributed by atoms with van der Waals surface area (Å²) in [5, 5.41) is 8.90. The molecule has 0 spiro atoms. The Hall–Kier alpha value is -2.14. The van der Waals surface area contributed by atoms with E-state index in [1.54, 1.807) is 4.57 Å². The summed E-state index contributed by atoms with van der Waals surface area (Å²) in [4.78, 5) is 0. The maximum Gasteiger partial charge on any atom is 0.225 e. The van der Waals surface area contributed by atoms with Crippen LogP contribution in [0.5, 0.6) is 0 Å². The van der Waals surface area contributed by atoms with E-state index in [0.717, 1.165) is 11.1 Å². The zero-order chi connectivity index (χ0) is 11.8. The van der Waals surface area contributed by atoms with Gasteiger partial charge in [0.2, 0.25) is 10.7 Å². The van der Waals surface area contributed by atoms with Gasteiger partial charge in [-0.3, -0.25) is 4.57 Å². The van der Waals surface area contributed by atoms with Gasteiger partial charge in [0.05, 0.1) is 5.69 Å². The van der Waals surface area contributed by atoms with Gasteiger partial charge in [0, 0.05) is 0 Å². The molecule has 0 bridgehead atoms. The van der Waals surface area contributed by atoms with Crippen LogP contribution in [0, 0.1) is 4.77 Å². The molecule has 1 heterocycles. The summed E-state index contributed by atoms with van der Waals surface area (Å²) >= 11 is 5.14. The third kappa shape index (κ3) is 1.60. The van der Waals surface area contributed by atoms with Crippen LogP contribution in [0.3, 0.4) is 0 Å². The lowest BCUT2D eigenvalue weighted by Crippen LogP contribution is -2.00. The summed E-state index contributed by atoms with van der Waals surface area (Å²) in [6, 6.07) is 14.2. The predicted octanol–water partition coefficient (Wildman–Crippen LogP) is 2.67. The molecular weight excluding hydrogens is 232 g/mol. The summed E-state index contributed by atoms with van der Waals surface area (Å²) in [5.74, 6) is 0.366. The Labute approximate surface area is 103 Å². The van der Waals surface area contributed by atoms with Crippen LogP contribution < -0.4 is 5.73 Å². The Morgan fingerprint density at radius 1 is 1.12 bits per heavy atom. The minimum atomic E-state index is 0.366. The first kappa shape index (κ1) is 10.0. The van der Waals surface area contributed by atoms with Crippen LogP contribution in [-0.4, -0.2) is 14.8 Å². The fourth-order valence-electron chi connectivity index (χ4n) is 1.87. The van der Waals surface area contributed by atoms with Gasteiger partial charge in [-0.1, -0.05) is 30.3 Å². The first-order chi connectivity index (χ1) is 8.25. The zero-order valence-corrected chi connectivity index (χ0v) is 9.74. The normalized spacial score (nSPS) is 10.8. The van der Waals surface area contributed by atoms with Crippen LogP contribution >= 0.6 is 12.2 Å². The molecule has 84 valence electrons. The lowest BCUT2D eigenvalue weighted by molar-refractivity contribution is 1.04. The van der Waals surface area contributed by atoms with E-state index in [0.29, 0.717) is 10.7 Å². The number of hydrogen-bond acceptors (Lipinski definition) is 3. The topological polar surface area (TPSA) is 59.6 Å². The number of nitrogen functional groups attached to an aromatic ring is 1. The smallest absolute Gasteiger partial charge is 0.225 e. The van der Waals surface area contributed by atoms with Crippen molar-refractivity contribution in [1.29, 1.82) is 0 Å². The van der Waals surface area contributed by atoms with Crippen LogP contribution in [0.25, 0.3) is 16.5 Å². The molecule has 2 aromatic carbocycles. The molecule has 0 aliphatic carbocycles. The van der Waals surface area contributed by atoms with Crippen LogP contribution in [0.2, 0.25) is 0 Å². The van der Waals surface area contributed by atoms with Crippen molar-refractivity contribution in [3.05, 3.63) is 47.2 Å². The van der Waals surface area contributed by atoms with Crippen molar-refractivity contribution in [2.24, 2.45) is 0 Å². The number of aromatic nitrogens is 3. The molecule has 3 rings (SSSR count). The van der Waals surface area contributed by atoms with Crippen LogP contribution in [0.15, 0.2) is 42.5 Å². The van der Waals surface area contributed by atoms with Crippen molar-refractivity contribution in [1.82, 2.24) is 14.8 Å². The molecule has 17 heavy (non-hydrogen) atoms. The second-order valence-electron chi connectivity index (χ2n) is 3.75. The van der Waals surface area contributed by atoms with Gasteiger partial charge in [0.1, 0.15) is 0 Å². The summed E-state index contributed by atoms with van der Waals surface area (Å²) in [5.41, 5.74) is 6.69. The predicted molar refractivity (Wildman–Crippen MR) is 70.7 cm³/mol. The molecule has 3 aromatic rings. The van der Waals surface area contributed by atoms with Gasteiger partial charge in [-0.15, -0.1) is 5.10 Å². The molecule has 0 fully saturated rings. The quantitative estimate of drug-likeness (QED) is 0.645. The Morgan fingerprint density at radius 3 is 2.59 bits per heavy atom. The van der Waals surface area contributed by atoms with Crippen molar-refractivity contribution in [3.63, 3.8) is 0 Å². The highest BCUT2D eigenvalue weighted by molar-refractivity contribution is 7.71. The maximum atomic E-state index is 5.77. The molecule has 0 atom stereocenters. The van der Waals surface area contributed by atoms with Crippen molar-refractivity contribution >= 4 is 28.9 Å². The standard InChI is InChI=1S/C12H10N4S/c13-11-14-15-12(17)16(11)10-6-5-8-3-1-2-4-9(8)7-10/h1-7H,(H2,13,14)(H,15,17). The average Bonchev–Trinajstić information content (AvgIpc) is 2.68. The Balaban J connectivity index is 2.29. The molecule has 0 aliphatic rings. The van der Waals surface area contributed by atoms with E-state index in [-0.39, 0.29) is 0 Å². The zero-order valence-electron chi connectivity index (χ0n) is 8.92. The number of aromatic amines is 1. The van der Waals surface area contributed by atoms with E-state index in [4.69, 9.17) is 18.0 Å². The van der Waals surface area contributed by atoms with Crippen molar-refractivity contribution < 1.29 is 0 Å². The third-order valence-electron chi connectivity index (χ3n) is 2.69. The molecular formula is C12H10N4S. The van der Waals surface area contributed by atoms with Gasteiger partial charge in [-0.05, 0) is 35.1 Å². The number of benzene rings is 2. The van der Waals surface area contributed by atoms with E-state index in [1.165, 1.54) is 5.39 Å². The molecule has 3 N–H and O–H groups in total. The SMILES string of the molecule is Nc1n[nH]c(=S)n1-c1ccc2ccccc2c1. The van der Waals surface area contributed by atoms with Crippen LogP contribution in [-0.2, 0) is 0 Å². The van der Waals surface area contributed by atoms with Gasteiger partial charge < -0.3 is 5.73 Å². The fraction of sp³-hybridized carbons (Fsp3) is 0. The van der Waals surface area contributed by atoms with E-state index in [2.05, 4.69) is 22.3 Å². The molecule has 1 aromatic heterocycles. The highest BCUT2D eigenvalue weighted by Crippen LogP contribution is 2.19. The minimum Gasteiger partial charge on any atom is -0.368 e. The highest BCUT2D eigenvalue weighted by Gasteiger charge is 2.04. The van der Waals surface area contributed by atoms with Crippen molar-refractivity contribution in [3.8, 4) is 5.69 Å². The van der Waals surface area contributed by atoms with Crippen molar-refractivity contribution in [2.45, 2.75) is 0 Å². The fourth-order valence-corrected chi connectivity index (χ4v) is 2.12. The molecule has 0 aliphatic heterocycles. The van der Waals surface area contributed by atoms with Crippen LogP contribution in [0.4, 0.5) is 5.95 Å². The van der Waals surface area contributed by atoms with Gasteiger partial charge in [0.25, 0.3) is 0 Å². The van der Waals surface area contributed by atoms with E-state index < -0.39 is 0 Å². The van der Waals surface area contributed by atoms with Crippen LogP contribution in [0.1, 0.15) is 0 Å². The molecule has 0 unspecified atom stereocenters. The Morgan fingerprint density at radius 2 is 1.88 bits per heavy atom. The lowest BCUT2D eigenvalue weighted by atomic mass is 10.1. The summed E-state index contributed by atoms with van der Waals surface area (Å²) in [6.45, 7) is 0. The summed E-state index contributed by atoms with van der Waals surface area (Å²) in [6.07, 6.45) is 0. The van der Waals surface area contributed by atoms with Gasteiger partial charge in [-0.25, -0.2) is 5.10 Å². The largest absolute Gasteiger partial charge is 0.368 e. The van der Waals surface area contributed by atoms with E-state index in [9.17, 15) is 0 Å². The first-order valence-corrected chi connectivity index (χ1v) is 5.58. The van der Waals surface area contributed by atoms with Gasteiger partial charge in [-0.2, -0.15) is 0 Å². The molecule has 0 amide bonds. The average molecular weight is 242 g/mol. The monoisotopic (exact) mass is 242 g/mol. The second-order valence-corrected chi connectivity index (χ2v) is 4.14. The minimum absolute atomic E-state index is 0.366. The van der Waals surface area contributed by atoms with Crippen molar-refractivity contribution in [2.75, 3.05) is 5.73 Å². The van der Waals surface area contributed by atoms with Gasteiger partial charge in [0.15, 0.2) is 0 Å². The second kappa shape index (κ2) is 3.71. The Bertz CT molecular complexity index is 741. The number of fused-ring (bicyclic) bond motifs is 1. The molecule has 0 radical (unpaired) electrons. The Kier molecular flexibility index (Phi) is 2.19. The third-order valence-corrected chi connectivity index (χ3v) is 2.96. The number of H-pyrrole nitrogens is 1.